The fourth-order valence-electron chi connectivity index (χ4n) is 2.02. The monoisotopic (exact) mass is 282 g/mol. The molecule has 1 unspecified atom stereocenters. The normalized spacial score (nSPS) is 12.5. The van der Waals surface area contributed by atoms with Gasteiger partial charge in [0.05, 0.1) is 0 Å². The lowest BCUT2D eigenvalue weighted by atomic mass is 9.97. The molecule has 0 saturated heterocycles. The van der Waals surface area contributed by atoms with Crippen molar-refractivity contribution in [3.05, 3.63) is 65.0 Å². The molecular weight excluding hydrogens is 269 g/mol. The van der Waals surface area contributed by atoms with Crippen molar-refractivity contribution in [2.75, 3.05) is 0 Å². The second kappa shape index (κ2) is 5.96. The number of aliphatic hydroxyl groups excluding tert-OH is 1. The number of hydrogen-bond acceptors (Lipinski definition) is 2. The zero-order valence-electron chi connectivity index (χ0n) is 10.7. The topological polar surface area (TPSA) is 29.5 Å². The molecule has 2 aromatic carbocycles. The number of ether oxygens (including phenoxy) is 1. The minimum absolute atomic E-state index is 0.0984. The predicted octanol–water partition coefficient (Wildman–Crippen LogP) is 3.82. The molecule has 0 radical (unpaired) electrons. The van der Waals surface area contributed by atoms with Crippen LogP contribution >= 0.6 is 0 Å². The van der Waals surface area contributed by atoms with Gasteiger partial charge in [-0.15, -0.1) is 0 Å². The molecule has 0 fully saturated rings. The van der Waals surface area contributed by atoms with Crippen LogP contribution in [0.4, 0.5) is 13.2 Å². The van der Waals surface area contributed by atoms with Crippen LogP contribution in [0.5, 0.6) is 5.75 Å². The summed E-state index contributed by atoms with van der Waals surface area (Å²) in [5.74, 6) is -0.519. The molecule has 5 heteroatoms. The predicted molar refractivity (Wildman–Crippen MR) is 68.3 cm³/mol. The average molecular weight is 282 g/mol. The minimum atomic E-state index is -2.97. The fraction of sp³-hybridized carbons (Fsp3) is 0.200. The number of halogens is 3. The highest BCUT2D eigenvalue weighted by molar-refractivity contribution is 5.42. The van der Waals surface area contributed by atoms with Crippen LogP contribution in [0.1, 0.15) is 22.8 Å². The van der Waals surface area contributed by atoms with Crippen molar-refractivity contribution < 1.29 is 23.0 Å². The van der Waals surface area contributed by atoms with Crippen LogP contribution in [-0.2, 0) is 0 Å². The van der Waals surface area contributed by atoms with Crippen molar-refractivity contribution in [3.63, 3.8) is 0 Å². The fourth-order valence-corrected chi connectivity index (χ4v) is 2.02. The number of aryl methyl sites for hydroxylation is 1. The Morgan fingerprint density at radius 3 is 2.40 bits per heavy atom. The van der Waals surface area contributed by atoms with Gasteiger partial charge in [-0.1, -0.05) is 24.3 Å². The Labute approximate surface area is 114 Å². The number of para-hydroxylation sites is 1. The van der Waals surface area contributed by atoms with Crippen molar-refractivity contribution in [2.45, 2.75) is 19.6 Å². The zero-order chi connectivity index (χ0) is 14.7. The van der Waals surface area contributed by atoms with Crippen LogP contribution in [0.25, 0.3) is 0 Å². The second-order valence-electron chi connectivity index (χ2n) is 4.32. The Morgan fingerprint density at radius 1 is 1.05 bits per heavy atom. The van der Waals surface area contributed by atoms with E-state index >= 15 is 0 Å². The largest absolute Gasteiger partial charge is 0.434 e. The summed E-state index contributed by atoms with van der Waals surface area (Å²) >= 11 is 0. The van der Waals surface area contributed by atoms with Gasteiger partial charge >= 0.3 is 6.61 Å². The van der Waals surface area contributed by atoms with Gasteiger partial charge in [0.2, 0.25) is 0 Å². The van der Waals surface area contributed by atoms with Crippen LogP contribution in [0.15, 0.2) is 42.5 Å². The smallest absolute Gasteiger partial charge is 0.387 e. The quantitative estimate of drug-likeness (QED) is 0.923. The Bertz CT molecular complexity index is 599. The summed E-state index contributed by atoms with van der Waals surface area (Å²) in [7, 11) is 0. The van der Waals surface area contributed by atoms with Crippen LogP contribution < -0.4 is 4.74 Å². The maximum atomic E-state index is 13.1. The summed E-state index contributed by atoms with van der Waals surface area (Å²) in [6.45, 7) is -1.34. The standard InChI is InChI=1S/C15H13F3O2/c1-9-8-10(16)6-7-11(9)14(19)12-4-2-3-5-13(12)20-15(17)18/h2-8,14-15,19H,1H3. The maximum absolute atomic E-state index is 13.1. The third-order valence-corrected chi connectivity index (χ3v) is 2.96. The molecule has 20 heavy (non-hydrogen) atoms. The van der Waals surface area contributed by atoms with Gasteiger partial charge in [0.1, 0.15) is 17.7 Å². The van der Waals surface area contributed by atoms with Crippen molar-refractivity contribution in [1.82, 2.24) is 0 Å². The molecule has 2 rings (SSSR count). The van der Waals surface area contributed by atoms with Crippen LogP contribution in [-0.4, -0.2) is 11.7 Å². The average Bonchev–Trinajstić information content (AvgIpc) is 2.38. The number of benzene rings is 2. The minimum Gasteiger partial charge on any atom is -0.434 e. The molecule has 2 aromatic rings. The molecule has 106 valence electrons. The van der Waals surface area contributed by atoms with E-state index in [1.807, 2.05) is 0 Å². The Kier molecular flexibility index (Phi) is 4.29. The van der Waals surface area contributed by atoms with Gasteiger partial charge in [-0.2, -0.15) is 8.78 Å². The lowest BCUT2D eigenvalue weighted by Gasteiger charge is -2.17. The Morgan fingerprint density at radius 2 is 1.75 bits per heavy atom. The van der Waals surface area contributed by atoms with E-state index in [0.717, 1.165) is 0 Å². The molecule has 0 spiro atoms. The molecule has 0 aliphatic rings. The molecule has 0 aliphatic carbocycles. The number of rotatable bonds is 4. The van der Waals surface area contributed by atoms with Gasteiger partial charge in [-0.25, -0.2) is 4.39 Å². The molecule has 2 nitrogen and oxygen atoms in total. The van der Waals surface area contributed by atoms with Gasteiger partial charge in [0.25, 0.3) is 0 Å². The van der Waals surface area contributed by atoms with Gasteiger partial charge in [0.15, 0.2) is 0 Å². The third kappa shape index (κ3) is 3.11. The van der Waals surface area contributed by atoms with Gasteiger partial charge < -0.3 is 9.84 Å². The van der Waals surface area contributed by atoms with Crippen molar-refractivity contribution >= 4 is 0 Å². The summed E-state index contributed by atoms with van der Waals surface area (Å²) in [5.41, 5.74) is 1.18. The SMILES string of the molecule is Cc1cc(F)ccc1C(O)c1ccccc1OC(F)F. The summed E-state index contributed by atoms with van der Waals surface area (Å²) in [5, 5.41) is 10.3. The summed E-state index contributed by atoms with van der Waals surface area (Å²) < 4.78 is 42.1. The molecule has 0 bridgehead atoms. The molecule has 1 N–H and O–H groups in total. The lowest BCUT2D eigenvalue weighted by Crippen LogP contribution is -2.08. The van der Waals surface area contributed by atoms with E-state index in [2.05, 4.69) is 4.74 Å². The van der Waals surface area contributed by atoms with E-state index in [0.29, 0.717) is 11.1 Å². The van der Waals surface area contributed by atoms with Crippen LogP contribution in [0.3, 0.4) is 0 Å². The molecule has 0 aliphatic heterocycles. The van der Waals surface area contributed by atoms with Gasteiger partial charge in [-0.3, -0.25) is 0 Å². The molecule has 0 heterocycles. The molecule has 0 amide bonds. The van der Waals surface area contributed by atoms with Crippen LogP contribution in [0.2, 0.25) is 0 Å². The summed E-state index contributed by atoms with van der Waals surface area (Å²) in [4.78, 5) is 0. The zero-order valence-corrected chi connectivity index (χ0v) is 10.7. The molecule has 0 aromatic heterocycles. The van der Waals surface area contributed by atoms with E-state index < -0.39 is 18.5 Å². The van der Waals surface area contributed by atoms with E-state index in [-0.39, 0.29) is 11.3 Å². The van der Waals surface area contributed by atoms with E-state index in [1.54, 1.807) is 13.0 Å². The highest BCUT2D eigenvalue weighted by atomic mass is 19.3. The lowest BCUT2D eigenvalue weighted by molar-refractivity contribution is -0.0512. The first-order chi connectivity index (χ1) is 9.49. The summed E-state index contributed by atoms with van der Waals surface area (Å²) in [6, 6.07) is 9.89. The number of aliphatic hydroxyl groups is 1. The Hall–Kier alpha value is -2.01. The summed E-state index contributed by atoms with van der Waals surface area (Å²) in [6.07, 6.45) is -1.16. The van der Waals surface area contributed by atoms with Gasteiger partial charge in [0, 0.05) is 5.56 Å². The van der Waals surface area contributed by atoms with Crippen molar-refractivity contribution in [2.24, 2.45) is 0 Å². The number of hydrogen-bond donors (Lipinski definition) is 1. The first-order valence-corrected chi connectivity index (χ1v) is 5.97. The molecule has 1 atom stereocenters. The molecular formula is C15H13F3O2. The maximum Gasteiger partial charge on any atom is 0.387 e. The first-order valence-electron chi connectivity index (χ1n) is 5.97. The highest BCUT2D eigenvalue weighted by Crippen LogP contribution is 2.32. The van der Waals surface area contributed by atoms with Crippen molar-refractivity contribution in [3.8, 4) is 5.75 Å². The third-order valence-electron chi connectivity index (χ3n) is 2.96. The van der Waals surface area contributed by atoms with Gasteiger partial charge in [-0.05, 0) is 36.2 Å². The Balaban J connectivity index is 2.40. The second-order valence-corrected chi connectivity index (χ2v) is 4.32. The molecule has 0 saturated carbocycles. The van der Waals surface area contributed by atoms with E-state index in [4.69, 9.17) is 0 Å². The van der Waals surface area contributed by atoms with Crippen molar-refractivity contribution in [1.29, 1.82) is 0 Å². The highest BCUT2D eigenvalue weighted by Gasteiger charge is 2.19. The number of alkyl halides is 2. The van der Waals surface area contributed by atoms with Crippen LogP contribution in [0, 0.1) is 12.7 Å². The van der Waals surface area contributed by atoms with E-state index in [9.17, 15) is 18.3 Å². The van der Waals surface area contributed by atoms with E-state index in [1.165, 1.54) is 36.4 Å². The first kappa shape index (κ1) is 14.4.